The van der Waals surface area contributed by atoms with Gasteiger partial charge in [0.15, 0.2) is 0 Å². The molecule has 0 aliphatic heterocycles. The smallest absolute Gasteiger partial charge is 0.282 e. The van der Waals surface area contributed by atoms with E-state index in [0.29, 0.717) is 5.39 Å². The molecular weight excluding hydrogens is 372 g/mol. The van der Waals surface area contributed by atoms with Gasteiger partial charge >= 0.3 is 0 Å². The van der Waals surface area contributed by atoms with Gasteiger partial charge in [-0.1, -0.05) is 36.4 Å². The summed E-state index contributed by atoms with van der Waals surface area (Å²) in [5.74, 6) is 0. The lowest BCUT2D eigenvalue weighted by Gasteiger charge is -2.08. The molecule has 5 nitrogen and oxygen atoms in total. The van der Waals surface area contributed by atoms with E-state index in [0.717, 1.165) is 33.1 Å². The predicted molar refractivity (Wildman–Crippen MR) is 108 cm³/mol. The molecule has 0 spiro atoms. The lowest BCUT2D eigenvalue weighted by Crippen LogP contribution is -2.33. The fourth-order valence-electron chi connectivity index (χ4n) is 3.59. The number of nitrogens with zero attached hydrogens (tertiary/aromatic N) is 2. The average Bonchev–Trinajstić information content (AvgIpc) is 2.71. The van der Waals surface area contributed by atoms with E-state index in [1.54, 1.807) is 6.07 Å². The third kappa shape index (κ3) is 2.62. The quantitative estimate of drug-likeness (QED) is 0.215. The van der Waals surface area contributed by atoms with E-state index in [9.17, 15) is 13.0 Å². The molecule has 1 heterocycles. The van der Waals surface area contributed by atoms with E-state index in [-0.39, 0.29) is 4.90 Å². The average molecular weight is 387 g/mol. The largest absolute Gasteiger partial charge is 0.294 e. The standard InChI is InChI=1S/C22H14N2O3S/c25-28(26,27)17-11-12-18-15(14-17)10-13-21-22(18)23-19-8-4-5-9-20(19)24(21)16-6-2-1-3-7-16/h1-14H/p+1. The van der Waals surface area contributed by atoms with Crippen molar-refractivity contribution in [3.63, 3.8) is 0 Å². The lowest BCUT2D eigenvalue weighted by atomic mass is 10.1. The first kappa shape index (κ1) is 16.8. The van der Waals surface area contributed by atoms with Gasteiger partial charge in [-0.2, -0.15) is 8.42 Å². The Balaban J connectivity index is 1.95. The minimum Gasteiger partial charge on any atom is -0.282 e. The summed E-state index contributed by atoms with van der Waals surface area (Å²) in [4.78, 5) is 4.72. The number of rotatable bonds is 2. The Morgan fingerprint density at radius 2 is 1.54 bits per heavy atom. The van der Waals surface area contributed by atoms with Gasteiger partial charge in [-0.25, -0.2) is 4.98 Å². The minimum absolute atomic E-state index is 0.129. The molecule has 28 heavy (non-hydrogen) atoms. The van der Waals surface area contributed by atoms with Crippen molar-refractivity contribution in [3.8, 4) is 5.69 Å². The second-order valence-electron chi connectivity index (χ2n) is 6.56. The summed E-state index contributed by atoms with van der Waals surface area (Å²) in [6.07, 6.45) is 0. The summed E-state index contributed by atoms with van der Waals surface area (Å²) in [5, 5.41) is 1.52. The monoisotopic (exact) mass is 387 g/mol. The van der Waals surface area contributed by atoms with Crippen molar-refractivity contribution in [2.45, 2.75) is 4.90 Å². The fourth-order valence-corrected chi connectivity index (χ4v) is 4.11. The first-order valence-electron chi connectivity index (χ1n) is 8.72. The van der Waals surface area contributed by atoms with Crippen LogP contribution in [0.15, 0.2) is 89.8 Å². The summed E-state index contributed by atoms with van der Waals surface area (Å²) in [7, 11) is -4.26. The van der Waals surface area contributed by atoms with Crippen LogP contribution in [0.25, 0.3) is 38.5 Å². The molecule has 0 radical (unpaired) electrons. The molecule has 0 unspecified atom stereocenters. The molecule has 0 aliphatic rings. The first-order valence-corrected chi connectivity index (χ1v) is 10.2. The Kier molecular flexibility index (Phi) is 3.65. The SMILES string of the molecule is O=S(=O)(O)c1ccc2c(ccc3c2nc2ccccc2[n+]3-c2ccccc2)c1. The van der Waals surface area contributed by atoms with Gasteiger partial charge in [0.2, 0.25) is 16.7 Å². The van der Waals surface area contributed by atoms with Crippen molar-refractivity contribution in [3.05, 3.63) is 84.9 Å². The van der Waals surface area contributed by atoms with Gasteiger partial charge in [-0.3, -0.25) is 4.55 Å². The molecule has 0 saturated heterocycles. The normalized spacial score (nSPS) is 12.0. The highest BCUT2D eigenvalue weighted by atomic mass is 32.2. The second kappa shape index (κ2) is 6.09. The lowest BCUT2D eigenvalue weighted by molar-refractivity contribution is -0.538. The highest BCUT2D eigenvalue weighted by Gasteiger charge is 2.21. The van der Waals surface area contributed by atoms with Crippen LogP contribution in [0.5, 0.6) is 0 Å². The van der Waals surface area contributed by atoms with E-state index in [4.69, 9.17) is 4.98 Å². The minimum atomic E-state index is -4.26. The number of benzene rings is 4. The van der Waals surface area contributed by atoms with E-state index >= 15 is 0 Å². The predicted octanol–water partition coefficient (Wildman–Crippen LogP) is 4.06. The Hall–Kier alpha value is -3.35. The number of fused-ring (bicyclic) bond motifs is 4. The maximum absolute atomic E-state index is 11.5. The van der Waals surface area contributed by atoms with Gasteiger partial charge in [-0.05, 0) is 29.7 Å². The molecule has 0 saturated carbocycles. The summed E-state index contributed by atoms with van der Waals surface area (Å²) in [6.45, 7) is 0. The molecule has 5 aromatic rings. The molecule has 1 N–H and O–H groups in total. The molecule has 6 heteroatoms. The van der Waals surface area contributed by atoms with Crippen molar-refractivity contribution in [1.82, 2.24) is 4.98 Å². The molecule has 0 atom stereocenters. The zero-order chi connectivity index (χ0) is 19.3. The van der Waals surface area contributed by atoms with E-state index in [1.165, 1.54) is 12.1 Å². The topological polar surface area (TPSA) is 71.1 Å². The molecule has 136 valence electrons. The van der Waals surface area contributed by atoms with Crippen LogP contribution in [0.1, 0.15) is 0 Å². The number of aromatic nitrogens is 2. The van der Waals surface area contributed by atoms with E-state index in [2.05, 4.69) is 4.57 Å². The molecular formula is C22H15N2O3S+. The molecule has 0 amide bonds. The van der Waals surface area contributed by atoms with Gasteiger partial charge in [-0.15, -0.1) is 4.57 Å². The fraction of sp³-hybridized carbons (Fsp3) is 0. The zero-order valence-corrected chi connectivity index (χ0v) is 15.5. The van der Waals surface area contributed by atoms with Gasteiger partial charge in [0.05, 0.1) is 4.90 Å². The van der Waals surface area contributed by atoms with Crippen LogP contribution in [0.2, 0.25) is 0 Å². The van der Waals surface area contributed by atoms with Crippen LogP contribution in [0, 0.1) is 0 Å². The third-order valence-corrected chi connectivity index (χ3v) is 5.70. The Morgan fingerprint density at radius 1 is 0.786 bits per heavy atom. The van der Waals surface area contributed by atoms with E-state index < -0.39 is 10.1 Å². The molecule has 0 fully saturated rings. The molecule has 0 bridgehead atoms. The maximum Gasteiger partial charge on any atom is 0.294 e. The third-order valence-electron chi connectivity index (χ3n) is 4.85. The van der Waals surface area contributed by atoms with Crippen molar-refractivity contribution in [1.29, 1.82) is 0 Å². The van der Waals surface area contributed by atoms with Gasteiger partial charge < -0.3 is 0 Å². The number of hydrogen-bond acceptors (Lipinski definition) is 3. The molecule has 0 aliphatic carbocycles. The summed E-state index contributed by atoms with van der Waals surface area (Å²) in [6, 6.07) is 26.3. The number of hydrogen-bond donors (Lipinski definition) is 1. The summed E-state index contributed by atoms with van der Waals surface area (Å²) < 4.78 is 34.5. The van der Waals surface area contributed by atoms with Gasteiger partial charge in [0, 0.05) is 29.7 Å². The van der Waals surface area contributed by atoms with Crippen LogP contribution in [-0.2, 0) is 10.1 Å². The highest BCUT2D eigenvalue weighted by molar-refractivity contribution is 7.85. The molecule has 4 aromatic carbocycles. The van der Waals surface area contributed by atoms with Gasteiger partial charge in [0.1, 0.15) is 11.0 Å². The van der Waals surface area contributed by atoms with Crippen molar-refractivity contribution in [2.75, 3.05) is 0 Å². The Morgan fingerprint density at radius 3 is 2.32 bits per heavy atom. The molecule has 5 rings (SSSR count). The van der Waals surface area contributed by atoms with Crippen LogP contribution in [-0.4, -0.2) is 18.0 Å². The van der Waals surface area contributed by atoms with Crippen LogP contribution in [0.4, 0.5) is 0 Å². The van der Waals surface area contributed by atoms with E-state index in [1.807, 2.05) is 66.7 Å². The van der Waals surface area contributed by atoms with Gasteiger partial charge in [0.25, 0.3) is 10.1 Å². The maximum atomic E-state index is 11.5. The first-order chi connectivity index (χ1) is 13.5. The van der Waals surface area contributed by atoms with Crippen LogP contribution in [0.3, 0.4) is 0 Å². The highest BCUT2D eigenvalue weighted by Crippen LogP contribution is 2.27. The van der Waals surface area contributed by atoms with Crippen molar-refractivity contribution in [2.24, 2.45) is 0 Å². The molecule has 1 aromatic heterocycles. The summed E-state index contributed by atoms with van der Waals surface area (Å²) in [5.41, 5.74) is 4.51. The second-order valence-corrected chi connectivity index (χ2v) is 7.98. The summed E-state index contributed by atoms with van der Waals surface area (Å²) >= 11 is 0. The number of para-hydroxylation sites is 3. The van der Waals surface area contributed by atoms with Crippen LogP contribution < -0.4 is 4.57 Å². The van der Waals surface area contributed by atoms with Crippen LogP contribution >= 0.6 is 0 Å². The van der Waals surface area contributed by atoms with Crippen molar-refractivity contribution >= 4 is 43.0 Å². The Bertz CT molecular complexity index is 1480. The van der Waals surface area contributed by atoms with Crippen molar-refractivity contribution < 1.29 is 17.5 Å². The Labute approximate surface area is 161 Å². The zero-order valence-electron chi connectivity index (χ0n) is 14.6.